The van der Waals surface area contributed by atoms with Crippen LogP contribution in [-0.4, -0.2) is 60.7 Å². The van der Waals surface area contributed by atoms with E-state index < -0.39 is 26.6 Å². The molecule has 0 spiro atoms. The van der Waals surface area contributed by atoms with Crippen LogP contribution in [0.25, 0.3) is 0 Å². The summed E-state index contributed by atoms with van der Waals surface area (Å²) in [6, 6.07) is 0. The summed E-state index contributed by atoms with van der Waals surface area (Å²) in [4.78, 5) is 11.0. The van der Waals surface area contributed by atoms with Crippen molar-refractivity contribution in [1.29, 1.82) is 0 Å². The van der Waals surface area contributed by atoms with Crippen molar-refractivity contribution in [2.45, 2.75) is 103 Å². The number of aliphatic hydroxyl groups is 1. The van der Waals surface area contributed by atoms with Gasteiger partial charge in [0, 0.05) is 11.0 Å². The molecule has 0 aliphatic heterocycles. The highest BCUT2D eigenvalue weighted by Crippen LogP contribution is 2.30. The molecule has 0 saturated carbocycles. The van der Waals surface area contributed by atoms with Crippen LogP contribution in [0, 0.1) is 0 Å². The van der Waals surface area contributed by atoms with E-state index in [0.717, 1.165) is 19.3 Å². The fourth-order valence-corrected chi connectivity index (χ4v) is 3.96. The zero-order valence-corrected chi connectivity index (χ0v) is 19.9. The number of likely N-dealkylation sites (N-methyl/N-ethyl adjacent to an activating group) is 1. The number of hydrogen-bond acceptors (Lipinski definition) is 5. The molecule has 0 radical (unpaired) electrons. The Morgan fingerprint density at radius 1 is 0.897 bits per heavy atom. The first-order valence-electron chi connectivity index (χ1n) is 11.1. The van der Waals surface area contributed by atoms with Crippen molar-refractivity contribution in [3.05, 3.63) is 0 Å². The molecule has 0 aromatic rings. The molecule has 2 unspecified atom stereocenters. The summed E-state index contributed by atoms with van der Waals surface area (Å²) < 4.78 is 22.7. The summed E-state index contributed by atoms with van der Waals surface area (Å²) in [7, 11) is 3.13. The van der Waals surface area contributed by atoms with Crippen LogP contribution in [0.4, 0.5) is 0 Å². The lowest BCUT2D eigenvalue weighted by molar-refractivity contribution is -0.873. The Balaban J connectivity index is 3.82. The van der Waals surface area contributed by atoms with E-state index in [1.807, 2.05) is 21.1 Å². The third-order valence-electron chi connectivity index (χ3n) is 4.65. The third kappa shape index (κ3) is 20.5. The standard InChI is InChI=1S/C21H43NO6P/c1-5-6-7-8-9-10-11-12-13-14-15-16-21(25)28-29(26)27-19(17-20(23)24)18-22(2,3)4/h19,21,25H,5-18H2,1-4H3/q+1/p+1/t19?,21-/m1/s1. The van der Waals surface area contributed by atoms with Gasteiger partial charge in [0.05, 0.1) is 27.6 Å². The topological polar surface area (TPSA) is 93.1 Å². The summed E-state index contributed by atoms with van der Waals surface area (Å²) in [5.41, 5.74) is 0. The molecule has 29 heavy (non-hydrogen) atoms. The summed E-state index contributed by atoms with van der Waals surface area (Å²) in [6.45, 7) is 2.61. The quantitative estimate of drug-likeness (QED) is 0.117. The van der Waals surface area contributed by atoms with Crippen LogP contribution in [0.15, 0.2) is 0 Å². The molecule has 3 atom stereocenters. The molecule has 0 aromatic carbocycles. The van der Waals surface area contributed by atoms with Crippen molar-refractivity contribution in [2.75, 3.05) is 27.7 Å². The maximum absolute atomic E-state index is 12.0. The molecule has 0 fully saturated rings. The molecular weight excluding hydrogens is 393 g/mol. The smallest absolute Gasteiger partial charge is 0.481 e. The van der Waals surface area contributed by atoms with Crippen molar-refractivity contribution < 1.29 is 33.1 Å². The van der Waals surface area contributed by atoms with Gasteiger partial charge in [0.15, 0.2) is 6.10 Å². The second-order valence-corrected chi connectivity index (χ2v) is 9.77. The molecule has 0 heterocycles. The molecule has 0 aromatic heterocycles. The van der Waals surface area contributed by atoms with E-state index in [-0.39, 0.29) is 6.42 Å². The summed E-state index contributed by atoms with van der Waals surface area (Å²) in [5, 5.41) is 18.9. The second kappa shape index (κ2) is 17.1. The fraction of sp³-hybridized carbons (Fsp3) is 0.952. The van der Waals surface area contributed by atoms with E-state index in [0.29, 0.717) is 17.4 Å². The molecule has 0 rings (SSSR count). The highest BCUT2D eigenvalue weighted by Gasteiger charge is 2.35. The van der Waals surface area contributed by atoms with E-state index in [2.05, 4.69) is 6.92 Å². The van der Waals surface area contributed by atoms with E-state index in [9.17, 15) is 14.5 Å². The van der Waals surface area contributed by atoms with Crippen molar-refractivity contribution in [3.63, 3.8) is 0 Å². The minimum absolute atomic E-state index is 0.255. The van der Waals surface area contributed by atoms with Crippen LogP contribution >= 0.6 is 8.25 Å². The lowest BCUT2D eigenvalue weighted by atomic mass is 10.1. The van der Waals surface area contributed by atoms with Gasteiger partial charge in [-0.15, -0.1) is 4.52 Å². The maximum atomic E-state index is 12.0. The number of carboxylic acids is 1. The zero-order chi connectivity index (χ0) is 22.1. The van der Waals surface area contributed by atoms with Gasteiger partial charge < -0.3 is 14.7 Å². The second-order valence-electron chi connectivity index (χ2n) is 8.91. The first kappa shape index (κ1) is 28.4. The Hall–Kier alpha value is -0.590. The molecule has 0 aliphatic rings. The molecule has 172 valence electrons. The Morgan fingerprint density at radius 3 is 1.83 bits per heavy atom. The van der Waals surface area contributed by atoms with Crippen LogP contribution < -0.4 is 0 Å². The van der Waals surface area contributed by atoms with Gasteiger partial charge in [-0.25, -0.2) is 0 Å². The predicted molar refractivity (Wildman–Crippen MR) is 116 cm³/mol. The normalized spacial score (nSPS) is 14.6. The molecule has 7 nitrogen and oxygen atoms in total. The van der Waals surface area contributed by atoms with Crippen LogP contribution in [0.3, 0.4) is 0 Å². The van der Waals surface area contributed by atoms with Crippen LogP contribution in [0.1, 0.15) is 90.4 Å². The van der Waals surface area contributed by atoms with E-state index in [4.69, 9.17) is 14.2 Å². The fourth-order valence-electron chi connectivity index (χ4n) is 3.22. The van der Waals surface area contributed by atoms with Crippen LogP contribution in [-0.2, 0) is 18.4 Å². The monoisotopic (exact) mass is 437 g/mol. The minimum Gasteiger partial charge on any atom is -0.481 e. The number of quaternary nitrogens is 1. The Bertz CT molecular complexity index is 441. The highest BCUT2D eigenvalue weighted by atomic mass is 31.1. The molecular formula is C21H44NO6P+2. The minimum atomic E-state index is -2.56. The maximum Gasteiger partial charge on any atom is 0.700 e. The average Bonchev–Trinajstić information content (AvgIpc) is 2.57. The van der Waals surface area contributed by atoms with E-state index in [1.165, 1.54) is 51.4 Å². The number of carbonyl (C=O) groups is 1. The van der Waals surface area contributed by atoms with E-state index >= 15 is 0 Å². The summed E-state index contributed by atoms with van der Waals surface area (Å²) in [6.07, 6.45) is 11.7. The van der Waals surface area contributed by atoms with Crippen molar-refractivity contribution >= 4 is 14.2 Å². The number of carboxylic acid groups (broad SMARTS) is 1. The number of aliphatic hydroxyl groups excluding tert-OH is 1. The molecule has 0 saturated heterocycles. The average molecular weight is 438 g/mol. The van der Waals surface area contributed by atoms with E-state index in [1.54, 1.807) is 0 Å². The number of nitrogens with zero attached hydrogens (tertiary/aromatic N) is 1. The SMILES string of the molecule is CCCCCCCCCCCCC[C@H](O)O[P+](=O)OC(CC(=O)O)C[N+](C)(C)C. The lowest BCUT2D eigenvalue weighted by Gasteiger charge is -2.25. The van der Waals surface area contributed by atoms with Crippen LogP contribution in [0.2, 0.25) is 0 Å². The first-order chi connectivity index (χ1) is 13.6. The van der Waals surface area contributed by atoms with Gasteiger partial charge in [-0.05, 0) is 6.42 Å². The Morgan fingerprint density at radius 2 is 1.38 bits per heavy atom. The Kier molecular flexibility index (Phi) is 16.8. The number of hydrogen-bond donors (Lipinski definition) is 2. The van der Waals surface area contributed by atoms with Gasteiger partial charge in [-0.2, -0.15) is 0 Å². The van der Waals surface area contributed by atoms with Crippen LogP contribution in [0.5, 0.6) is 0 Å². The molecule has 0 bridgehead atoms. The largest absolute Gasteiger partial charge is 0.700 e. The molecule has 0 aliphatic carbocycles. The first-order valence-corrected chi connectivity index (χ1v) is 12.2. The van der Waals surface area contributed by atoms with Gasteiger partial charge in [0.1, 0.15) is 6.54 Å². The van der Waals surface area contributed by atoms with Gasteiger partial charge in [0.2, 0.25) is 6.29 Å². The van der Waals surface area contributed by atoms with Gasteiger partial charge in [0.25, 0.3) is 0 Å². The zero-order valence-electron chi connectivity index (χ0n) is 19.0. The number of aliphatic carboxylic acids is 1. The van der Waals surface area contributed by atoms with Gasteiger partial charge >= 0.3 is 14.2 Å². The molecule has 8 heteroatoms. The summed E-state index contributed by atoms with van der Waals surface area (Å²) >= 11 is 0. The summed E-state index contributed by atoms with van der Waals surface area (Å²) in [5.74, 6) is -1.02. The highest BCUT2D eigenvalue weighted by molar-refractivity contribution is 7.33. The predicted octanol–water partition coefficient (Wildman–Crippen LogP) is 5.25. The number of rotatable bonds is 20. The van der Waals surface area contributed by atoms with Crippen molar-refractivity contribution in [1.82, 2.24) is 0 Å². The van der Waals surface area contributed by atoms with Crippen molar-refractivity contribution in [3.8, 4) is 0 Å². The van der Waals surface area contributed by atoms with Gasteiger partial charge in [-0.1, -0.05) is 75.7 Å². The lowest BCUT2D eigenvalue weighted by Crippen LogP contribution is -2.42. The third-order valence-corrected chi connectivity index (χ3v) is 5.54. The Labute approximate surface area is 178 Å². The van der Waals surface area contributed by atoms with Crippen molar-refractivity contribution in [2.24, 2.45) is 0 Å². The van der Waals surface area contributed by atoms with Gasteiger partial charge in [-0.3, -0.25) is 4.79 Å². The molecule has 0 amide bonds. The molecule has 2 N–H and O–H groups in total. The number of unbranched alkanes of at least 4 members (excludes halogenated alkanes) is 10.